The molecule has 1 heterocycles. The molecule has 0 radical (unpaired) electrons. The van der Waals surface area contributed by atoms with E-state index < -0.39 is 17.7 Å². The molecule has 2 atom stereocenters. The minimum atomic E-state index is -1.06. The van der Waals surface area contributed by atoms with Crippen molar-refractivity contribution in [2.75, 3.05) is 7.05 Å². The van der Waals surface area contributed by atoms with Crippen molar-refractivity contribution in [3.05, 3.63) is 60.2 Å². The van der Waals surface area contributed by atoms with Gasteiger partial charge in [0, 0.05) is 7.05 Å². The number of carbonyl (C=O) groups excluding carboxylic acids is 2. The van der Waals surface area contributed by atoms with Crippen LogP contribution in [0.5, 0.6) is 0 Å². The van der Waals surface area contributed by atoms with E-state index in [0.29, 0.717) is 0 Å². The zero-order chi connectivity index (χ0) is 16.6. The first kappa shape index (κ1) is 15.3. The number of rotatable bonds is 3. The summed E-state index contributed by atoms with van der Waals surface area (Å²) in [4.78, 5) is 25.7. The number of nitrogens with zero attached hydrogens (tertiary/aromatic N) is 1. The van der Waals surface area contributed by atoms with Crippen molar-refractivity contribution in [3.8, 4) is 11.1 Å². The van der Waals surface area contributed by atoms with Gasteiger partial charge in [-0.3, -0.25) is 9.69 Å². The number of amides is 1. The second-order valence-electron chi connectivity index (χ2n) is 5.85. The van der Waals surface area contributed by atoms with E-state index in [9.17, 15) is 9.59 Å². The fraction of sp³-hybridized carbons (Fsp3) is 0.263. The molecular formula is C19H19NO3. The van der Waals surface area contributed by atoms with Crippen LogP contribution in [0, 0.1) is 0 Å². The van der Waals surface area contributed by atoms with E-state index in [1.807, 2.05) is 54.6 Å². The number of ketones is 1. The minimum absolute atomic E-state index is 0.106. The maximum Gasteiger partial charge on any atom is 0.411 e. The molecule has 2 aromatic rings. The van der Waals surface area contributed by atoms with Crippen LogP contribution in [0.3, 0.4) is 0 Å². The van der Waals surface area contributed by atoms with Gasteiger partial charge in [-0.2, -0.15) is 0 Å². The highest BCUT2D eigenvalue weighted by Crippen LogP contribution is 2.40. The summed E-state index contributed by atoms with van der Waals surface area (Å²) in [6, 6.07) is 17.8. The van der Waals surface area contributed by atoms with E-state index in [2.05, 4.69) is 0 Å². The molecule has 0 aromatic heterocycles. The van der Waals surface area contributed by atoms with Gasteiger partial charge in [-0.15, -0.1) is 0 Å². The Labute approximate surface area is 135 Å². The Kier molecular flexibility index (Phi) is 3.68. The van der Waals surface area contributed by atoms with Crippen LogP contribution >= 0.6 is 0 Å². The van der Waals surface area contributed by atoms with Crippen LogP contribution in [0.15, 0.2) is 54.6 Å². The van der Waals surface area contributed by atoms with E-state index in [0.717, 1.165) is 16.7 Å². The van der Waals surface area contributed by atoms with Gasteiger partial charge in [-0.1, -0.05) is 54.6 Å². The minimum Gasteiger partial charge on any atom is -0.443 e. The SMILES string of the molecule is CC(=O)C1(c2ccc(-c3ccccc3)cc2)C(C)OC(=O)N1C. The molecule has 23 heavy (non-hydrogen) atoms. The fourth-order valence-corrected chi connectivity index (χ4v) is 3.43. The van der Waals surface area contributed by atoms with Crippen LogP contribution in [0.25, 0.3) is 11.1 Å². The lowest BCUT2D eigenvalue weighted by Gasteiger charge is -2.34. The number of Topliss-reactive ketones (excluding diaryl/α,β-unsaturated/α-hetero) is 1. The highest BCUT2D eigenvalue weighted by Gasteiger charge is 2.56. The van der Waals surface area contributed by atoms with Crippen molar-refractivity contribution in [1.82, 2.24) is 4.90 Å². The van der Waals surface area contributed by atoms with Crippen LogP contribution in [0.2, 0.25) is 0 Å². The molecular weight excluding hydrogens is 290 g/mol. The first-order valence-corrected chi connectivity index (χ1v) is 7.59. The van der Waals surface area contributed by atoms with Crippen LogP contribution in [0.4, 0.5) is 4.79 Å². The van der Waals surface area contributed by atoms with Gasteiger partial charge in [-0.25, -0.2) is 4.79 Å². The fourth-order valence-electron chi connectivity index (χ4n) is 3.43. The average molecular weight is 309 g/mol. The van der Waals surface area contributed by atoms with Crippen molar-refractivity contribution in [2.45, 2.75) is 25.5 Å². The number of cyclic esters (lactones) is 1. The van der Waals surface area contributed by atoms with Crippen LogP contribution in [0.1, 0.15) is 19.4 Å². The van der Waals surface area contributed by atoms with E-state index in [1.165, 1.54) is 11.8 Å². The Morgan fingerprint density at radius 2 is 1.61 bits per heavy atom. The predicted molar refractivity (Wildman–Crippen MR) is 87.9 cm³/mol. The van der Waals surface area contributed by atoms with Gasteiger partial charge in [-0.05, 0) is 30.5 Å². The largest absolute Gasteiger partial charge is 0.443 e. The molecule has 0 bridgehead atoms. The Morgan fingerprint density at radius 1 is 1.04 bits per heavy atom. The molecule has 4 nitrogen and oxygen atoms in total. The number of benzene rings is 2. The number of hydrogen-bond acceptors (Lipinski definition) is 3. The monoisotopic (exact) mass is 309 g/mol. The molecule has 1 fully saturated rings. The van der Waals surface area contributed by atoms with E-state index in [4.69, 9.17) is 4.74 Å². The van der Waals surface area contributed by atoms with E-state index in [-0.39, 0.29) is 5.78 Å². The van der Waals surface area contributed by atoms with Gasteiger partial charge in [0.1, 0.15) is 6.10 Å². The normalized spacial score (nSPS) is 23.7. The lowest BCUT2D eigenvalue weighted by Crippen LogP contribution is -2.51. The van der Waals surface area contributed by atoms with Gasteiger partial charge in [0.15, 0.2) is 11.3 Å². The third-order valence-corrected chi connectivity index (χ3v) is 4.64. The van der Waals surface area contributed by atoms with Crippen LogP contribution < -0.4 is 0 Å². The van der Waals surface area contributed by atoms with Gasteiger partial charge in [0.2, 0.25) is 0 Å². The smallest absolute Gasteiger partial charge is 0.411 e. The Hall–Kier alpha value is -2.62. The number of hydrogen-bond donors (Lipinski definition) is 0. The van der Waals surface area contributed by atoms with Crippen molar-refractivity contribution >= 4 is 11.9 Å². The zero-order valence-electron chi connectivity index (χ0n) is 13.4. The number of carbonyl (C=O) groups is 2. The second kappa shape index (κ2) is 5.54. The molecule has 1 aliphatic rings. The predicted octanol–water partition coefficient (Wildman–Crippen LogP) is 3.61. The van der Waals surface area contributed by atoms with Crippen molar-refractivity contribution in [2.24, 2.45) is 0 Å². The molecule has 2 aromatic carbocycles. The maximum absolute atomic E-state index is 12.4. The maximum atomic E-state index is 12.4. The van der Waals surface area contributed by atoms with Gasteiger partial charge in [0.05, 0.1) is 0 Å². The highest BCUT2D eigenvalue weighted by atomic mass is 16.6. The van der Waals surface area contributed by atoms with Crippen molar-refractivity contribution in [1.29, 1.82) is 0 Å². The van der Waals surface area contributed by atoms with Gasteiger partial charge < -0.3 is 4.74 Å². The average Bonchev–Trinajstić information content (AvgIpc) is 2.79. The highest BCUT2D eigenvalue weighted by molar-refractivity contribution is 5.94. The summed E-state index contributed by atoms with van der Waals surface area (Å²) in [5.41, 5.74) is 1.88. The quantitative estimate of drug-likeness (QED) is 0.870. The Bertz CT molecular complexity index is 739. The summed E-state index contributed by atoms with van der Waals surface area (Å²) >= 11 is 0. The van der Waals surface area contributed by atoms with E-state index in [1.54, 1.807) is 14.0 Å². The molecule has 3 rings (SSSR count). The summed E-state index contributed by atoms with van der Waals surface area (Å²) < 4.78 is 5.29. The zero-order valence-corrected chi connectivity index (χ0v) is 13.4. The van der Waals surface area contributed by atoms with Crippen LogP contribution in [-0.2, 0) is 15.1 Å². The van der Waals surface area contributed by atoms with Gasteiger partial charge >= 0.3 is 6.09 Å². The Morgan fingerprint density at radius 3 is 2.09 bits per heavy atom. The molecule has 2 unspecified atom stereocenters. The molecule has 0 aliphatic carbocycles. The third-order valence-electron chi connectivity index (χ3n) is 4.64. The standard InChI is InChI=1S/C19H19NO3/c1-13(21)19(14(2)23-18(22)20(19)3)17-11-9-16(10-12-17)15-7-5-4-6-8-15/h4-12,14H,1-3H3. The van der Waals surface area contributed by atoms with Crippen molar-refractivity contribution < 1.29 is 14.3 Å². The Balaban J connectivity index is 2.06. The third kappa shape index (κ3) is 2.22. The first-order valence-electron chi connectivity index (χ1n) is 7.59. The summed E-state index contributed by atoms with van der Waals surface area (Å²) in [6.45, 7) is 3.26. The molecule has 4 heteroatoms. The van der Waals surface area contributed by atoms with Crippen LogP contribution in [-0.4, -0.2) is 29.9 Å². The summed E-state index contributed by atoms with van der Waals surface area (Å²) in [5, 5.41) is 0. The molecule has 0 saturated carbocycles. The molecule has 0 N–H and O–H groups in total. The summed E-state index contributed by atoms with van der Waals surface area (Å²) in [6.07, 6.45) is -1.00. The number of ether oxygens (including phenoxy) is 1. The molecule has 1 aliphatic heterocycles. The molecule has 0 spiro atoms. The second-order valence-corrected chi connectivity index (χ2v) is 5.85. The lowest BCUT2D eigenvalue weighted by molar-refractivity contribution is -0.128. The summed E-state index contributed by atoms with van der Waals surface area (Å²) in [5.74, 6) is -0.106. The molecule has 1 saturated heterocycles. The number of likely N-dealkylation sites (N-methyl/N-ethyl adjacent to an activating group) is 1. The summed E-state index contributed by atoms with van der Waals surface area (Å²) in [7, 11) is 1.61. The first-order chi connectivity index (χ1) is 11.0. The molecule has 1 amide bonds. The van der Waals surface area contributed by atoms with Gasteiger partial charge in [0.25, 0.3) is 0 Å². The van der Waals surface area contributed by atoms with E-state index >= 15 is 0 Å². The lowest BCUT2D eigenvalue weighted by atomic mass is 9.80. The topological polar surface area (TPSA) is 46.6 Å². The van der Waals surface area contributed by atoms with Crippen molar-refractivity contribution in [3.63, 3.8) is 0 Å². The molecule has 118 valence electrons.